The molecule has 1 aromatic carbocycles. The first kappa shape index (κ1) is 14.3. The molecule has 0 amide bonds. The molecule has 4 nitrogen and oxygen atoms in total. The number of fused-ring (bicyclic) bond motifs is 1. The molecular weight excluding hydrogens is 284 g/mol. The van der Waals surface area contributed by atoms with E-state index in [9.17, 15) is 0 Å². The van der Waals surface area contributed by atoms with E-state index >= 15 is 0 Å². The highest BCUT2D eigenvalue weighted by Gasteiger charge is 2.12. The van der Waals surface area contributed by atoms with E-state index in [1.165, 1.54) is 42.8 Å². The summed E-state index contributed by atoms with van der Waals surface area (Å²) in [6.07, 6.45) is 4.73. The molecule has 1 aliphatic heterocycles. The van der Waals surface area contributed by atoms with E-state index in [1.807, 2.05) is 19.3 Å². The molecule has 23 heavy (non-hydrogen) atoms. The molecule has 1 aliphatic rings. The largest absolute Gasteiger partial charge is 0.372 e. The molecule has 1 saturated heterocycles. The molecular formula is C19H22N4. The number of rotatable bonds is 4. The van der Waals surface area contributed by atoms with E-state index in [2.05, 4.69) is 56.0 Å². The van der Waals surface area contributed by atoms with Crippen molar-refractivity contribution >= 4 is 11.5 Å². The van der Waals surface area contributed by atoms with Crippen LogP contribution < -0.4 is 5.32 Å². The number of pyridine rings is 1. The number of nitrogens with zero attached hydrogens (tertiary/aromatic N) is 3. The lowest BCUT2D eigenvalue weighted by Gasteiger charge is -2.15. The van der Waals surface area contributed by atoms with Gasteiger partial charge in [-0.05, 0) is 49.2 Å². The van der Waals surface area contributed by atoms with E-state index < -0.39 is 0 Å². The molecule has 1 N–H and O–H groups in total. The van der Waals surface area contributed by atoms with Crippen molar-refractivity contribution in [2.45, 2.75) is 19.4 Å². The van der Waals surface area contributed by atoms with E-state index in [-0.39, 0.29) is 0 Å². The van der Waals surface area contributed by atoms with Gasteiger partial charge in [0.05, 0.1) is 11.9 Å². The highest BCUT2D eigenvalue weighted by molar-refractivity contribution is 5.65. The van der Waals surface area contributed by atoms with Crippen molar-refractivity contribution in [3.63, 3.8) is 0 Å². The second kappa shape index (κ2) is 6.05. The summed E-state index contributed by atoms with van der Waals surface area (Å²) in [5, 5.41) is 3.11. The zero-order valence-electron chi connectivity index (χ0n) is 13.5. The minimum Gasteiger partial charge on any atom is -0.372 e. The summed E-state index contributed by atoms with van der Waals surface area (Å²) in [6.45, 7) is 3.55. The number of nitrogens with one attached hydrogen (secondary N) is 1. The molecule has 0 aliphatic carbocycles. The number of anilines is 1. The number of hydrogen-bond donors (Lipinski definition) is 1. The fraction of sp³-hybridized carbons (Fsp3) is 0.316. The van der Waals surface area contributed by atoms with E-state index in [0.29, 0.717) is 0 Å². The molecule has 0 spiro atoms. The Kier molecular flexibility index (Phi) is 3.75. The van der Waals surface area contributed by atoms with Gasteiger partial charge in [0.1, 0.15) is 11.5 Å². The van der Waals surface area contributed by atoms with Crippen LogP contribution in [0.2, 0.25) is 0 Å². The Hall–Kier alpha value is -2.33. The monoisotopic (exact) mass is 306 g/mol. The van der Waals surface area contributed by atoms with Crippen LogP contribution in [-0.2, 0) is 6.54 Å². The summed E-state index contributed by atoms with van der Waals surface area (Å²) in [5.41, 5.74) is 4.75. The van der Waals surface area contributed by atoms with Gasteiger partial charge in [-0.1, -0.05) is 30.3 Å². The molecule has 1 fully saturated rings. The quantitative estimate of drug-likeness (QED) is 0.799. The Morgan fingerprint density at radius 2 is 1.83 bits per heavy atom. The predicted molar refractivity (Wildman–Crippen MR) is 94.7 cm³/mol. The summed E-state index contributed by atoms with van der Waals surface area (Å²) in [6, 6.07) is 15.2. The molecule has 0 radical (unpaired) electrons. The molecule has 4 rings (SSSR count). The number of benzene rings is 1. The first-order valence-corrected chi connectivity index (χ1v) is 8.31. The molecule has 0 bridgehead atoms. The summed E-state index contributed by atoms with van der Waals surface area (Å²) in [4.78, 5) is 7.08. The molecule has 3 aromatic rings. The zero-order chi connectivity index (χ0) is 15.6. The van der Waals surface area contributed by atoms with Gasteiger partial charge in [-0.15, -0.1) is 0 Å². The first-order valence-electron chi connectivity index (χ1n) is 8.31. The SMILES string of the molecule is CNc1cn2c(-c3ccc(CN4CCCC4)cc3)cccc2n1. The van der Waals surface area contributed by atoms with Crippen molar-refractivity contribution in [2.24, 2.45) is 0 Å². The van der Waals surface area contributed by atoms with E-state index in [4.69, 9.17) is 0 Å². The third kappa shape index (κ3) is 2.82. The van der Waals surface area contributed by atoms with Crippen LogP contribution in [0.5, 0.6) is 0 Å². The third-order valence-electron chi connectivity index (χ3n) is 4.60. The number of hydrogen-bond acceptors (Lipinski definition) is 3. The maximum absolute atomic E-state index is 4.55. The lowest BCUT2D eigenvalue weighted by atomic mass is 10.1. The van der Waals surface area contributed by atoms with Crippen LogP contribution in [0, 0.1) is 0 Å². The molecule has 4 heteroatoms. The van der Waals surface area contributed by atoms with Gasteiger partial charge in [0, 0.05) is 13.6 Å². The van der Waals surface area contributed by atoms with Crippen LogP contribution in [0.3, 0.4) is 0 Å². The van der Waals surface area contributed by atoms with Gasteiger partial charge in [-0.2, -0.15) is 0 Å². The average Bonchev–Trinajstić information content (AvgIpc) is 3.24. The lowest BCUT2D eigenvalue weighted by Crippen LogP contribution is -2.18. The maximum atomic E-state index is 4.55. The van der Waals surface area contributed by atoms with Crippen molar-refractivity contribution in [3.05, 3.63) is 54.2 Å². The zero-order valence-corrected chi connectivity index (χ0v) is 13.5. The van der Waals surface area contributed by atoms with Crippen molar-refractivity contribution < 1.29 is 0 Å². The number of imidazole rings is 1. The number of aromatic nitrogens is 2. The van der Waals surface area contributed by atoms with Gasteiger partial charge in [0.2, 0.25) is 0 Å². The van der Waals surface area contributed by atoms with Crippen LogP contribution in [-0.4, -0.2) is 34.4 Å². The van der Waals surface area contributed by atoms with Crippen LogP contribution in [0.25, 0.3) is 16.9 Å². The normalized spacial score (nSPS) is 15.3. The van der Waals surface area contributed by atoms with Crippen molar-refractivity contribution in [3.8, 4) is 11.3 Å². The molecule has 3 heterocycles. The minimum atomic E-state index is 0.892. The summed E-state index contributed by atoms with van der Waals surface area (Å²) < 4.78 is 2.14. The number of likely N-dealkylation sites (tertiary alicyclic amines) is 1. The Labute approximate surface area is 136 Å². The van der Waals surface area contributed by atoms with Gasteiger partial charge in [-0.3, -0.25) is 9.30 Å². The van der Waals surface area contributed by atoms with Crippen LogP contribution in [0.15, 0.2) is 48.7 Å². The van der Waals surface area contributed by atoms with E-state index in [0.717, 1.165) is 18.0 Å². The molecule has 2 aromatic heterocycles. The summed E-state index contributed by atoms with van der Waals surface area (Å²) >= 11 is 0. The van der Waals surface area contributed by atoms with Gasteiger partial charge >= 0.3 is 0 Å². The fourth-order valence-electron chi connectivity index (χ4n) is 3.35. The smallest absolute Gasteiger partial charge is 0.145 e. The van der Waals surface area contributed by atoms with Gasteiger partial charge in [0.25, 0.3) is 0 Å². The molecule has 0 saturated carbocycles. The van der Waals surface area contributed by atoms with Crippen LogP contribution in [0.4, 0.5) is 5.82 Å². The second-order valence-electron chi connectivity index (χ2n) is 6.20. The van der Waals surface area contributed by atoms with Crippen molar-refractivity contribution in [1.82, 2.24) is 14.3 Å². The Morgan fingerprint density at radius 1 is 1.04 bits per heavy atom. The van der Waals surface area contributed by atoms with Crippen LogP contribution >= 0.6 is 0 Å². The standard InChI is InChI=1S/C19H22N4/c1-20-18-14-23-17(5-4-6-19(23)21-18)16-9-7-15(8-10-16)13-22-11-2-3-12-22/h4-10,14,20H,2-3,11-13H2,1H3. The first-order chi connectivity index (χ1) is 11.3. The molecule has 0 unspecified atom stereocenters. The Morgan fingerprint density at radius 3 is 2.57 bits per heavy atom. The summed E-state index contributed by atoms with van der Waals surface area (Å²) in [7, 11) is 1.90. The minimum absolute atomic E-state index is 0.892. The van der Waals surface area contributed by atoms with Gasteiger partial charge in [-0.25, -0.2) is 4.98 Å². The van der Waals surface area contributed by atoms with Gasteiger partial charge < -0.3 is 5.32 Å². The van der Waals surface area contributed by atoms with E-state index in [1.54, 1.807) is 0 Å². The highest BCUT2D eigenvalue weighted by Crippen LogP contribution is 2.23. The highest BCUT2D eigenvalue weighted by atomic mass is 15.1. The maximum Gasteiger partial charge on any atom is 0.145 e. The fourth-order valence-corrected chi connectivity index (χ4v) is 3.35. The Bertz CT molecular complexity index is 798. The van der Waals surface area contributed by atoms with Crippen LogP contribution in [0.1, 0.15) is 18.4 Å². The summed E-state index contributed by atoms with van der Waals surface area (Å²) in [5.74, 6) is 0.892. The van der Waals surface area contributed by atoms with Gasteiger partial charge in [0.15, 0.2) is 0 Å². The molecule has 118 valence electrons. The predicted octanol–water partition coefficient (Wildman–Crippen LogP) is 3.64. The van der Waals surface area contributed by atoms with Crippen molar-refractivity contribution in [2.75, 3.05) is 25.5 Å². The second-order valence-corrected chi connectivity index (χ2v) is 6.20. The third-order valence-corrected chi connectivity index (χ3v) is 4.60. The average molecular weight is 306 g/mol. The van der Waals surface area contributed by atoms with Crippen molar-refractivity contribution in [1.29, 1.82) is 0 Å². The lowest BCUT2D eigenvalue weighted by molar-refractivity contribution is 0.331. The molecule has 0 atom stereocenters. The Balaban J connectivity index is 1.63. The topological polar surface area (TPSA) is 32.6 Å².